The maximum absolute atomic E-state index is 12.6. The summed E-state index contributed by atoms with van der Waals surface area (Å²) in [5, 5.41) is 8.23. The zero-order chi connectivity index (χ0) is 18.2. The average Bonchev–Trinajstić information content (AvgIpc) is 3.16. The van der Waals surface area contributed by atoms with Crippen LogP contribution in [0.25, 0.3) is 11.5 Å². The molecule has 25 heavy (non-hydrogen) atoms. The lowest BCUT2D eigenvalue weighted by molar-refractivity contribution is -0.141. The topological polar surface area (TPSA) is 100 Å². The summed E-state index contributed by atoms with van der Waals surface area (Å²) in [5.74, 6) is -0.0641. The molecule has 0 aliphatic carbocycles. The van der Waals surface area contributed by atoms with E-state index < -0.39 is 21.9 Å². The second-order valence-corrected chi connectivity index (χ2v) is 7.63. The lowest BCUT2D eigenvalue weighted by Crippen LogP contribution is -2.46. The van der Waals surface area contributed by atoms with Crippen LogP contribution < -0.4 is 10.0 Å². The molecule has 7 nitrogen and oxygen atoms in total. The van der Waals surface area contributed by atoms with E-state index in [1.54, 1.807) is 0 Å². The van der Waals surface area contributed by atoms with Crippen LogP contribution in [0.4, 0.5) is 13.2 Å². The number of halogens is 3. The van der Waals surface area contributed by atoms with Gasteiger partial charge in [-0.2, -0.15) is 18.3 Å². The van der Waals surface area contributed by atoms with Gasteiger partial charge in [0.1, 0.15) is 11.4 Å². The van der Waals surface area contributed by atoms with E-state index in [0.717, 1.165) is 6.07 Å². The van der Waals surface area contributed by atoms with Gasteiger partial charge < -0.3 is 9.73 Å². The second kappa shape index (κ2) is 6.46. The van der Waals surface area contributed by atoms with Gasteiger partial charge >= 0.3 is 6.18 Å². The van der Waals surface area contributed by atoms with Gasteiger partial charge in [-0.1, -0.05) is 0 Å². The Morgan fingerprint density at radius 3 is 2.76 bits per heavy atom. The van der Waals surface area contributed by atoms with Crippen molar-refractivity contribution in [2.45, 2.75) is 43.1 Å². The minimum Gasteiger partial charge on any atom is -0.442 e. The first-order valence-electron chi connectivity index (χ1n) is 7.64. The molecule has 0 amide bonds. The van der Waals surface area contributed by atoms with Crippen LogP contribution in [-0.4, -0.2) is 37.2 Å². The molecule has 3 N–H and O–H groups in total. The van der Waals surface area contributed by atoms with Crippen LogP contribution in [-0.2, 0) is 16.2 Å². The summed E-state index contributed by atoms with van der Waals surface area (Å²) in [5.41, 5.74) is -1.16. The quantitative estimate of drug-likeness (QED) is 0.757. The molecule has 2 atom stereocenters. The Morgan fingerprint density at radius 1 is 1.36 bits per heavy atom. The number of rotatable bonds is 4. The Balaban J connectivity index is 1.77. The van der Waals surface area contributed by atoms with Crippen LogP contribution in [0.3, 0.4) is 0 Å². The molecule has 11 heteroatoms. The predicted octanol–water partition coefficient (Wildman–Crippen LogP) is 2.11. The van der Waals surface area contributed by atoms with Crippen LogP contribution in [0.5, 0.6) is 0 Å². The van der Waals surface area contributed by atoms with Crippen LogP contribution >= 0.6 is 0 Å². The van der Waals surface area contributed by atoms with Crippen molar-refractivity contribution in [2.24, 2.45) is 0 Å². The highest BCUT2D eigenvalue weighted by Gasteiger charge is 2.34. The van der Waals surface area contributed by atoms with Crippen molar-refractivity contribution < 1.29 is 26.0 Å². The van der Waals surface area contributed by atoms with Crippen LogP contribution in [0.1, 0.15) is 25.5 Å². The van der Waals surface area contributed by atoms with E-state index in [2.05, 4.69) is 15.1 Å². The monoisotopic (exact) mass is 378 g/mol. The van der Waals surface area contributed by atoms with Gasteiger partial charge in [0.05, 0.1) is 0 Å². The van der Waals surface area contributed by atoms with E-state index in [1.165, 1.54) is 12.1 Å². The standard InChI is InChI=1S/C14H17F3N4O3S/c1-8-6-9(4-5-18-8)21-25(22,23)13-3-2-11(24-13)10-7-12(20-19-10)14(15,16)17/h2-3,7-9,18,21H,4-6H2,1H3,(H,19,20)/t8-,9+/m1/s1. The largest absolute Gasteiger partial charge is 0.442 e. The first kappa shape index (κ1) is 18.0. The third-order valence-corrected chi connectivity index (χ3v) is 5.32. The fourth-order valence-electron chi connectivity index (χ4n) is 2.71. The van der Waals surface area contributed by atoms with Crippen molar-refractivity contribution in [1.82, 2.24) is 20.2 Å². The minimum atomic E-state index is -4.57. The molecular weight excluding hydrogens is 361 g/mol. The number of furan rings is 1. The molecule has 0 bridgehead atoms. The number of nitrogens with zero attached hydrogens (tertiary/aromatic N) is 1. The van der Waals surface area contributed by atoms with Gasteiger partial charge in [-0.15, -0.1) is 0 Å². The number of aromatic nitrogens is 2. The fraction of sp³-hybridized carbons (Fsp3) is 0.500. The molecular formula is C14H17F3N4O3S. The van der Waals surface area contributed by atoms with Gasteiger partial charge in [0, 0.05) is 12.1 Å². The SMILES string of the molecule is C[C@@H]1C[C@@H](NS(=O)(=O)c2ccc(-c3cc(C(F)(F)F)[nH]n3)o2)CCN1. The number of piperidine rings is 1. The first-order chi connectivity index (χ1) is 11.6. The van der Waals surface area contributed by atoms with Crippen LogP contribution in [0, 0.1) is 0 Å². The van der Waals surface area contributed by atoms with Gasteiger partial charge in [0.15, 0.2) is 5.76 Å². The Kier molecular flexibility index (Phi) is 4.64. The van der Waals surface area contributed by atoms with E-state index in [9.17, 15) is 21.6 Å². The lowest BCUT2D eigenvalue weighted by atomic mass is 10.0. The number of H-pyrrole nitrogens is 1. The first-order valence-corrected chi connectivity index (χ1v) is 9.12. The van der Waals surface area contributed by atoms with Crippen molar-refractivity contribution >= 4 is 10.0 Å². The Labute approximate surface area is 142 Å². The summed E-state index contributed by atoms with van der Waals surface area (Å²) in [4.78, 5) is 0. The minimum absolute atomic E-state index is 0.0641. The van der Waals surface area contributed by atoms with Crippen molar-refractivity contribution in [3.63, 3.8) is 0 Å². The normalized spacial score (nSPS) is 22.2. The molecule has 0 saturated carbocycles. The lowest BCUT2D eigenvalue weighted by Gasteiger charge is -2.28. The maximum atomic E-state index is 12.6. The highest BCUT2D eigenvalue weighted by molar-refractivity contribution is 7.89. The molecule has 1 aliphatic heterocycles. The molecule has 3 rings (SSSR count). The fourth-order valence-corrected chi connectivity index (χ4v) is 3.93. The molecule has 0 radical (unpaired) electrons. The van der Waals surface area contributed by atoms with E-state index in [-0.39, 0.29) is 28.6 Å². The molecule has 138 valence electrons. The predicted molar refractivity (Wildman–Crippen MR) is 82.1 cm³/mol. The molecule has 1 saturated heterocycles. The highest BCUT2D eigenvalue weighted by Crippen LogP contribution is 2.31. The number of nitrogens with one attached hydrogen (secondary N) is 3. The summed E-state index contributed by atoms with van der Waals surface area (Å²) in [6.45, 7) is 2.66. The summed E-state index contributed by atoms with van der Waals surface area (Å²) in [6, 6.07) is 3.20. The molecule has 0 unspecified atom stereocenters. The maximum Gasteiger partial charge on any atom is 0.432 e. The molecule has 0 spiro atoms. The number of hydrogen-bond acceptors (Lipinski definition) is 5. The second-order valence-electron chi connectivity index (χ2n) is 5.98. The Hall–Kier alpha value is -1.85. The van der Waals surface area contributed by atoms with Crippen LogP contribution in [0.15, 0.2) is 27.7 Å². The highest BCUT2D eigenvalue weighted by atomic mass is 32.2. The zero-order valence-electron chi connectivity index (χ0n) is 13.2. The molecule has 1 fully saturated rings. The van der Waals surface area contributed by atoms with Crippen molar-refractivity contribution in [3.8, 4) is 11.5 Å². The summed E-state index contributed by atoms with van der Waals surface area (Å²) >= 11 is 0. The third kappa shape index (κ3) is 4.05. The van der Waals surface area contributed by atoms with Gasteiger partial charge in [-0.3, -0.25) is 5.10 Å². The number of sulfonamides is 1. The van der Waals surface area contributed by atoms with E-state index in [1.807, 2.05) is 12.0 Å². The Bertz CT molecular complexity index is 844. The van der Waals surface area contributed by atoms with Gasteiger partial charge in [0.2, 0.25) is 5.09 Å². The summed E-state index contributed by atoms with van der Waals surface area (Å²) < 4.78 is 70.3. The number of hydrogen-bond donors (Lipinski definition) is 3. The van der Waals surface area contributed by atoms with Gasteiger partial charge in [-0.25, -0.2) is 13.1 Å². The number of alkyl halides is 3. The summed E-state index contributed by atoms with van der Waals surface area (Å²) in [6.07, 6.45) is -3.29. The zero-order valence-corrected chi connectivity index (χ0v) is 14.0. The van der Waals surface area contributed by atoms with Crippen molar-refractivity contribution in [2.75, 3.05) is 6.54 Å². The molecule has 2 aromatic rings. The molecule has 2 aromatic heterocycles. The smallest absolute Gasteiger partial charge is 0.432 e. The average molecular weight is 378 g/mol. The molecule has 1 aliphatic rings. The van der Waals surface area contributed by atoms with Crippen molar-refractivity contribution in [1.29, 1.82) is 0 Å². The van der Waals surface area contributed by atoms with E-state index >= 15 is 0 Å². The van der Waals surface area contributed by atoms with Gasteiger partial charge in [-0.05, 0) is 44.5 Å². The van der Waals surface area contributed by atoms with Gasteiger partial charge in [0.25, 0.3) is 10.0 Å². The van der Waals surface area contributed by atoms with E-state index in [0.29, 0.717) is 19.4 Å². The summed E-state index contributed by atoms with van der Waals surface area (Å²) in [7, 11) is -3.90. The molecule has 0 aromatic carbocycles. The van der Waals surface area contributed by atoms with E-state index in [4.69, 9.17) is 4.42 Å². The Morgan fingerprint density at radius 2 is 2.12 bits per heavy atom. The molecule has 3 heterocycles. The number of aromatic amines is 1. The van der Waals surface area contributed by atoms with Crippen LogP contribution in [0.2, 0.25) is 0 Å². The third-order valence-electron chi connectivity index (χ3n) is 3.93. The van der Waals surface area contributed by atoms with Crippen molar-refractivity contribution in [3.05, 3.63) is 23.9 Å².